The zero-order chi connectivity index (χ0) is 17.7. The van der Waals surface area contributed by atoms with Crippen LogP contribution in [0.4, 0.5) is 4.39 Å². The Labute approximate surface area is 151 Å². The topological polar surface area (TPSA) is 32.3 Å². The number of nitrogens with one attached hydrogen (secondary N) is 1. The Bertz CT molecular complexity index is 724. The number of benzene rings is 2. The minimum absolute atomic E-state index is 0.132. The number of hydrogen-bond acceptors (Lipinski definition) is 3. The third kappa shape index (κ3) is 4.72. The monoisotopic (exact) mass is 366 g/mol. The van der Waals surface area contributed by atoms with Crippen molar-refractivity contribution in [1.82, 2.24) is 10.2 Å². The van der Waals surface area contributed by atoms with E-state index in [0.717, 1.165) is 10.5 Å². The largest absolute Gasteiger partial charge is 0.350 e. The molecule has 128 valence electrons. The third-order valence-electron chi connectivity index (χ3n) is 3.73. The Morgan fingerprint density at radius 3 is 2.67 bits per heavy atom. The van der Waals surface area contributed by atoms with Crippen LogP contribution in [0.15, 0.2) is 47.4 Å². The molecule has 0 spiro atoms. The first-order valence-corrected chi connectivity index (χ1v) is 9.06. The predicted octanol–water partition coefficient (Wildman–Crippen LogP) is 4.23. The van der Waals surface area contributed by atoms with Crippen molar-refractivity contribution >= 4 is 29.3 Å². The Balaban J connectivity index is 2.13. The van der Waals surface area contributed by atoms with Gasteiger partial charge in [0.15, 0.2) is 0 Å². The van der Waals surface area contributed by atoms with Gasteiger partial charge in [-0.3, -0.25) is 4.79 Å². The van der Waals surface area contributed by atoms with Crippen molar-refractivity contribution in [3.8, 4) is 0 Å². The number of halogens is 2. The van der Waals surface area contributed by atoms with Crippen molar-refractivity contribution in [2.24, 2.45) is 0 Å². The SMILES string of the molecule is CSc1ccc(Cl)c(C(=O)NCC(c2cccc(F)c2)N(C)C)c1. The highest BCUT2D eigenvalue weighted by Gasteiger charge is 2.18. The van der Waals surface area contributed by atoms with Crippen LogP contribution in [-0.4, -0.2) is 37.7 Å². The normalized spacial score (nSPS) is 12.2. The molecule has 1 N–H and O–H groups in total. The summed E-state index contributed by atoms with van der Waals surface area (Å²) < 4.78 is 13.5. The highest BCUT2D eigenvalue weighted by Crippen LogP contribution is 2.23. The molecular weight excluding hydrogens is 347 g/mol. The van der Waals surface area contributed by atoms with Gasteiger partial charge in [0, 0.05) is 11.4 Å². The van der Waals surface area contributed by atoms with E-state index in [2.05, 4.69) is 5.32 Å². The predicted molar refractivity (Wildman–Crippen MR) is 98.4 cm³/mol. The average Bonchev–Trinajstić information content (AvgIpc) is 2.55. The summed E-state index contributed by atoms with van der Waals surface area (Å²) in [5, 5.41) is 3.31. The van der Waals surface area contributed by atoms with Crippen LogP contribution in [0.2, 0.25) is 5.02 Å². The van der Waals surface area contributed by atoms with Crippen LogP contribution in [-0.2, 0) is 0 Å². The Hall–Kier alpha value is -1.56. The van der Waals surface area contributed by atoms with Gasteiger partial charge in [-0.25, -0.2) is 4.39 Å². The second-order valence-electron chi connectivity index (χ2n) is 5.59. The van der Waals surface area contributed by atoms with Crippen molar-refractivity contribution in [3.05, 3.63) is 64.4 Å². The van der Waals surface area contributed by atoms with Gasteiger partial charge in [-0.1, -0.05) is 23.7 Å². The van der Waals surface area contributed by atoms with Gasteiger partial charge in [-0.05, 0) is 56.2 Å². The van der Waals surface area contributed by atoms with Crippen molar-refractivity contribution in [3.63, 3.8) is 0 Å². The maximum absolute atomic E-state index is 13.5. The molecule has 2 aromatic carbocycles. The van der Waals surface area contributed by atoms with E-state index in [1.165, 1.54) is 12.1 Å². The Morgan fingerprint density at radius 2 is 2.04 bits per heavy atom. The fraction of sp³-hybridized carbons (Fsp3) is 0.278. The summed E-state index contributed by atoms with van der Waals surface area (Å²) in [7, 11) is 3.78. The van der Waals surface area contributed by atoms with Crippen LogP contribution >= 0.6 is 23.4 Å². The lowest BCUT2D eigenvalue weighted by molar-refractivity contribution is 0.0942. The molecule has 6 heteroatoms. The maximum Gasteiger partial charge on any atom is 0.252 e. The number of carbonyl (C=O) groups is 1. The first-order valence-electron chi connectivity index (χ1n) is 7.46. The van der Waals surface area contributed by atoms with Gasteiger partial charge in [0.2, 0.25) is 0 Å². The Kier molecular flexibility index (Phi) is 6.66. The van der Waals surface area contributed by atoms with Gasteiger partial charge < -0.3 is 10.2 Å². The number of likely N-dealkylation sites (N-methyl/N-ethyl adjacent to an activating group) is 1. The van der Waals surface area contributed by atoms with E-state index in [0.29, 0.717) is 17.1 Å². The van der Waals surface area contributed by atoms with Gasteiger partial charge >= 0.3 is 0 Å². The molecule has 0 radical (unpaired) electrons. The fourth-order valence-corrected chi connectivity index (χ4v) is 3.05. The maximum atomic E-state index is 13.5. The number of carbonyl (C=O) groups excluding carboxylic acids is 1. The van der Waals surface area contributed by atoms with E-state index in [9.17, 15) is 9.18 Å². The summed E-state index contributed by atoms with van der Waals surface area (Å²) in [4.78, 5) is 15.4. The molecule has 2 aromatic rings. The minimum Gasteiger partial charge on any atom is -0.350 e. The van der Waals surface area contributed by atoms with Gasteiger partial charge in [0.1, 0.15) is 5.82 Å². The molecule has 1 amide bonds. The van der Waals surface area contributed by atoms with Crippen molar-refractivity contribution in [2.75, 3.05) is 26.9 Å². The standard InChI is InChI=1S/C18H20ClFN2OS/c1-22(2)17(12-5-4-6-13(20)9-12)11-21-18(23)15-10-14(24-3)7-8-16(15)19/h4-10,17H,11H2,1-3H3,(H,21,23). The van der Waals surface area contributed by atoms with Gasteiger partial charge in [-0.15, -0.1) is 11.8 Å². The molecule has 24 heavy (non-hydrogen) atoms. The van der Waals surface area contributed by atoms with E-state index < -0.39 is 0 Å². The molecule has 0 fully saturated rings. The number of amides is 1. The Morgan fingerprint density at radius 1 is 1.29 bits per heavy atom. The third-order valence-corrected chi connectivity index (χ3v) is 4.79. The smallest absolute Gasteiger partial charge is 0.252 e. The fourth-order valence-electron chi connectivity index (χ4n) is 2.40. The summed E-state index contributed by atoms with van der Waals surface area (Å²) in [6, 6.07) is 11.6. The van der Waals surface area contributed by atoms with Crippen molar-refractivity contribution in [2.45, 2.75) is 10.9 Å². The molecule has 1 unspecified atom stereocenters. The molecule has 0 aliphatic heterocycles. The molecule has 2 rings (SSSR count). The van der Waals surface area contributed by atoms with Crippen LogP contribution < -0.4 is 5.32 Å². The summed E-state index contributed by atoms with van der Waals surface area (Å²) in [6.45, 7) is 0.356. The molecule has 0 aliphatic rings. The van der Waals surface area contributed by atoms with E-state index in [-0.39, 0.29) is 17.8 Å². The number of rotatable bonds is 6. The first-order chi connectivity index (χ1) is 11.4. The molecule has 0 saturated heterocycles. The summed E-state index contributed by atoms with van der Waals surface area (Å²) in [5.41, 5.74) is 1.25. The highest BCUT2D eigenvalue weighted by atomic mass is 35.5. The quantitative estimate of drug-likeness (QED) is 0.776. The molecule has 0 aliphatic carbocycles. The van der Waals surface area contributed by atoms with E-state index in [1.54, 1.807) is 30.0 Å². The van der Waals surface area contributed by atoms with Gasteiger partial charge in [0.25, 0.3) is 5.91 Å². The zero-order valence-corrected chi connectivity index (χ0v) is 15.4. The minimum atomic E-state index is -0.290. The van der Waals surface area contributed by atoms with Crippen LogP contribution in [0.25, 0.3) is 0 Å². The molecular formula is C18H20ClFN2OS. The first kappa shape index (κ1) is 18.8. The van der Waals surface area contributed by atoms with Crippen LogP contribution in [0.5, 0.6) is 0 Å². The number of nitrogens with zero attached hydrogens (tertiary/aromatic N) is 1. The zero-order valence-electron chi connectivity index (χ0n) is 13.8. The lowest BCUT2D eigenvalue weighted by Crippen LogP contribution is -2.34. The average molecular weight is 367 g/mol. The van der Waals surface area contributed by atoms with Gasteiger partial charge in [-0.2, -0.15) is 0 Å². The molecule has 3 nitrogen and oxygen atoms in total. The van der Waals surface area contributed by atoms with Gasteiger partial charge in [0.05, 0.1) is 16.6 Å². The second-order valence-corrected chi connectivity index (χ2v) is 6.88. The lowest BCUT2D eigenvalue weighted by Gasteiger charge is -2.25. The number of thioether (sulfide) groups is 1. The van der Waals surface area contributed by atoms with Crippen LogP contribution in [0.1, 0.15) is 22.0 Å². The van der Waals surface area contributed by atoms with Crippen LogP contribution in [0.3, 0.4) is 0 Å². The summed E-state index contributed by atoms with van der Waals surface area (Å²) >= 11 is 7.68. The molecule has 0 aromatic heterocycles. The van der Waals surface area contributed by atoms with Crippen molar-refractivity contribution < 1.29 is 9.18 Å². The van der Waals surface area contributed by atoms with E-state index >= 15 is 0 Å². The van der Waals surface area contributed by atoms with E-state index in [4.69, 9.17) is 11.6 Å². The summed E-state index contributed by atoms with van der Waals surface area (Å²) in [6.07, 6.45) is 1.94. The van der Waals surface area contributed by atoms with Crippen LogP contribution in [0, 0.1) is 5.82 Å². The highest BCUT2D eigenvalue weighted by molar-refractivity contribution is 7.98. The molecule has 1 atom stereocenters. The lowest BCUT2D eigenvalue weighted by atomic mass is 10.1. The number of hydrogen-bond donors (Lipinski definition) is 1. The second kappa shape index (κ2) is 8.51. The molecule has 0 heterocycles. The molecule has 0 bridgehead atoms. The van der Waals surface area contributed by atoms with Crippen molar-refractivity contribution in [1.29, 1.82) is 0 Å². The molecule has 0 saturated carbocycles. The van der Waals surface area contributed by atoms with E-state index in [1.807, 2.05) is 37.4 Å². The summed E-state index contributed by atoms with van der Waals surface area (Å²) in [5.74, 6) is -0.527.